The summed E-state index contributed by atoms with van der Waals surface area (Å²) in [5, 5.41) is 19.7. The van der Waals surface area contributed by atoms with Crippen molar-refractivity contribution in [2.75, 3.05) is 0 Å². The van der Waals surface area contributed by atoms with Gasteiger partial charge >= 0.3 is 7.12 Å². The van der Waals surface area contributed by atoms with Gasteiger partial charge in [-0.3, -0.25) is 4.98 Å². The molecular formula is C11H17BFNO3. The summed E-state index contributed by atoms with van der Waals surface area (Å²) >= 11 is 0. The lowest BCUT2D eigenvalue weighted by molar-refractivity contribution is -0.0983. The third-order valence-electron chi connectivity index (χ3n) is 2.95. The fourth-order valence-corrected chi connectivity index (χ4v) is 1.07. The zero-order chi connectivity index (χ0) is 13.3. The SMILES string of the molecule is CC(C)(O)C(C)(C)OB(O)c1ccncc1F. The first-order valence-electron chi connectivity index (χ1n) is 5.33. The van der Waals surface area contributed by atoms with Crippen molar-refractivity contribution in [2.24, 2.45) is 0 Å². The quantitative estimate of drug-likeness (QED) is 0.752. The van der Waals surface area contributed by atoms with Crippen molar-refractivity contribution in [1.82, 2.24) is 4.98 Å². The van der Waals surface area contributed by atoms with E-state index in [1.54, 1.807) is 27.7 Å². The highest BCUT2D eigenvalue weighted by atomic mass is 19.1. The molecule has 0 saturated heterocycles. The minimum absolute atomic E-state index is 0.00248. The third-order valence-corrected chi connectivity index (χ3v) is 2.95. The van der Waals surface area contributed by atoms with Crippen molar-refractivity contribution in [2.45, 2.75) is 38.9 Å². The fourth-order valence-electron chi connectivity index (χ4n) is 1.07. The van der Waals surface area contributed by atoms with E-state index in [0.717, 1.165) is 6.20 Å². The van der Waals surface area contributed by atoms with Crippen molar-refractivity contribution in [1.29, 1.82) is 0 Å². The summed E-state index contributed by atoms with van der Waals surface area (Å²) in [6.07, 6.45) is 2.36. The molecule has 0 amide bonds. The lowest BCUT2D eigenvalue weighted by Gasteiger charge is -2.38. The average molecular weight is 241 g/mol. The molecule has 1 heterocycles. The molecule has 0 atom stereocenters. The summed E-state index contributed by atoms with van der Waals surface area (Å²) in [4.78, 5) is 3.58. The summed E-state index contributed by atoms with van der Waals surface area (Å²) < 4.78 is 18.7. The maximum Gasteiger partial charge on any atom is 0.494 e. The van der Waals surface area contributed by atoms with Crippen LogP contribution in [0.1, 0.15) is 27.7 Å². The summed E-state index contributed by atoms with van der Waals surface area (Å²) in [5.74, 6) is -0.647. The summed E-state index contributed by atoms with van der Waals surface area (Å²) in [5.41, 5.74) is -2.20. The average Bonchev–Trinajstić information content (AvgIpc) is 2.15. The number of aromatic nitrogens is 1. The van der Waals surface area contributed by atoms with Gasteiger partial charge in [-0.1, -0.05) is 0 Å². The van der Waals surface area contributed by atoms with Crippen molar-refractivity contribution in [3.05, 3.63) is 24.3 Å². The van der Waals surface area contributed by atoms with E-state index < -0.39 is 24.1 Å². The van der Waals surface area contributed by atoms with Gasteiger partial charge in [-0.15, -0.1) is 0 Å². The van der Waals surface area contributed by atoms with Gasteiger partial charge in [0.2, 0.25) is 0 Å². The highest BCUT2D eigenvalue weighted by Gasteiger charge is 2.40. The lowest BCUT2D eigenvalue weighted by atomic mass is 9.77. The Balaban J connectivity index is 2.87. The Bertz CT molecular complexity index is 393. The van der Waals surface area contributed by atoms with Gasteiger partial charge in [0.05, 0.1) is 17.4 Å². The van der Waals surface area contributed by atoms with E-state index in [9.17, 15) is 14.5 Å². The van der Waals surface area contributed by atoms with Crippen LogP contribution >= 0.6 is 0 Å². The molecule has 0 saturated carbocycles. The van der Waals surface area contributed by atoms with Gasteiger partial charge in [0.1, 0.15) is 5.82 Å². The number of pyridine rings is 1. The second-order valence-corrected chi connectivity index (χ2v) is 4.94. The van der Waals surface area contributed by atoms with Crippen LogP contribution in [0.4, 0.5) is 4.39 Å². The normalized spacial score (nSPS) is 12.6. The molecule has 1 aromatic heterocycles. The number of hydrogen-bond acceptors (Lipinski definition) is 4. The molecule has 0 unspecified atom stereocenters. The van der Waals surface area contributed by atoms with Crippen molar-refractivity contribution in [3.63, 3.8) is 0 Å². The van der Waals surface area contributed by atoms with Crippen LogP contribution in [-0.2, 0) is 4.65 Å². The molecule has 1 aromatic rings. The van der Waals surface area contributed by atoms with Crippen LogP contribution in [0.2, 0.25) is 0 Å². The molecule has 0 radical (unpaired) electrons. The Kier molecular flexibility index (Phi) is 3.91. The molecule has 2 N–H and O–H groups in total. The topological polar surface area (TPSA) is 62.6 Å². The molecule has 0 spiro atoms. The van der Waals surface area contributed by atoms with Gasteiger partial charge in [0.25, 0.3) is 0 Å². The predicted molar refractivity (Wildman–Crippen MR) is 63.3 cm³/mol. The minimum atomic E-state index is -1.44. The Morgan fingerprint density at radius 2 is 1.94 bits per heavy atom. The summed E-state index contributed by atoms with van der Waals surface area (Å²) in [6.45, 7) is 6.36. The first-order chi connectivity index (χ1) is 7.65. The molecule has 0 aliphatic rings. The van der Waals surface area contributed by atoms with E-state index in [1.165, 1.54) is 12.3 Å². The van der Waals surface area contributed by atoms with Crippen LogP contribution in [0.25, 0.3) is 0 Å². The number of nitrogens with zero attached hydrogens (tertiary/aromatic N) is 1. The number of halogens is 1. The largest absolute Gasteiger partial charge is 0.494 e. The maximum atomic E-state index is 13.3. The second kappa shape index (κ2) is 4.72. The Labute approximate surface area is 101 Å². The van der Waals surface area contributed by atoms with E-state index in [2.05, 4.69) is 4.98 Å². The minimum Gasteiger partial charge on any atom is -0.423 e. The summed E-state index contributed by atoms with van der Waals surface area (Å²) in [6, 6.07) is 1.33. The highest BCUT2D eigenvalue weighted by molar-refractivity contribution is 6.60. The van der Waals surface area contributed by atoms with Crippen LogP contribution in [0.5, 0.6) is 0 Å². The van der Waals surface area contributed by atoms with E-state index >= 15 is 0 Å². The first-order valence-corrected chi connectivity index (χ1v) is 5.33. The number of rotatable bonds is 4. The van der Waals surface area contributed by atoms with Gasteiger partial charge in [0, 0.05) is 11.7 Å². The summed E-state index contributed by atoms with van der Waals surface area (Å²) in [7, 11) is -1.44. The van der Waals surface area contributed by atoms with Crippen molar-refractivity contribution >= 4 is 12.6 Å². The monoisotopic (exact) mass is 241 g/mol. The number of hydrogen-bond donors (Lipinski definition) is 2. The first kappa shape index (κ1) is 14.1. The van der Waals surface area contributed by atoms with Crippen LogP contribution in [0.3, 0.4) is 0 Å². The van der Waals surface area contributed by atoms with Crippen LogP contribution in [0, 0.1) is 5.82 Å². The zero-order valence-corrected chi connectivity index (χ0v) is 10.4. The third kappa shape index (κ3) is 3.25. The lowest BCUT2D eigenvalue weighted by Crippen LogP contribution is -2.53. The molecule has 0 aromatic carbocycles. The van der Waals surface area contributed by atoms with Crippen molar-refractivity contribution < 1.29 is 19.2 Å². The van der Waals surface area contributed by atoms with Gasteiger partial charge in [-0.25, -0.2) is 4.39 Å². The van der Waals surface area contributed by atoms with Gasteiger partial charge in [0.15, 0.2) is 0 Å². The fraction of sp³-hybridized carbons (Fsp3) is 0.545. The molecule has 0 fully saturated rings. The highest BCUT2D eigenvalue weighted by Crippen LogP contribution is 2.25. The molecular weight excluding hydrogens is 224 g/mol. The van der Waals surface area contributed by atoms with Crippen LogP contribution < -0.4 is 5.46 Å². The Morgan fingerprint density at radius 3 is 2.41 bits per heavy atom. The van der Waals surface area contributed by atoms with Gasteiger partial charge in [-0.05, 0) is 33.8 Å². The standard InChI is InChI=1S/C11H17BFNO3/c1-10(2,15)11(3,4)17-12(16)8-5-6-14-7-9(8)13/h5-7,15-16H,1-4H3. The van der Waals surface area contributed by atoms with E-state index in [-0.39, 0.29) is 5.46 Å². The predicted octanol–water partition coefficient (Wildman–Crippen LogP) is 0.474. The molecule has 4 nitrogen and oxygen atoms in total. The maximum absolute atomic E-state index is 13.3. The van der Waals surface area contributed by atoms with Crippen LogP contribution in [-0.4, -0.2) is 33.4 Å². The number of aliphatic hydroxyl groups is 1. The molecule has 94 valence electrons. The second-order valence-electron chi connectivity index (χ2n) is 4.94. The molecule has 17 heavy (non-hydrogen) atoms. The van der Waals surface area contributed by atoms with E-state index in [1.807, 2.05) is 0 Å². The van der Waals surface area contributed by atoms with E-state index in [0.29, 0.717) is 0 Å². The van der Waals surface area contributed by atoms with Crippen molar-refractivity contribution in [3.8, 4) is 0 Å². The smallest absolute Gasteiger partial charge is 0.423 e. The van der Waals surface area contributed by atoms with Gasteiger partial charge < -0.3 is 14.8 Å². The molecule has 0 aliphatic heterocycles. The molecule has 0 bridgehead atoms. The Hall–Kier alpha value is -0.975. The molecule has 6 heteroatoms. The Morgan fingerprint density at radius 1 is 1.35 bits per heavy atom. The molecule has 0 aliphatic carbocycles. The zero-order valence-electron chi connectivity index (χ0n) is 10.4. The van der Waals surface area contributed by atoms with Gasteiger partial charge in [-0.2, -0.15) is 0 Å². The molecule has 1 rings (SSSR count). The van der Waals surface area contributed by atoms with E-state index in [4.69, 9.17) is 4.65 Å². The van der Waals surface area contributed by atoms with Crippen LogP contribution in [0.15, 0.2) is 18.5 Å².